The molecule has 0 spiro atoms. The molecule has 1 aliphatic heterocycles. The maximum absolute atomic E-state index is 12.4. The van der Waals surface area contributed by atoms with Crippen molar-refractivity contribution in [3.63, 3.8) is 0 Å². The second-order valence-electron chi connectivity index (χ2n) is 11.1. The van der Waals surface area contributed by atoms with E-state index < -0.39 is 6.10 Å². The van der Waals surface area contributed by atoms with Crippen LogP contribution >= 0.6 is 0 Å². The molecule has 9 heteroatoms. The van der Waals surface area contributed by atoms with Gasteiger partial charge in [-0.15, -0.1) is 0 Å². The van der Waals surface area contributed by atoms with Crippen LogP contribution in [0.5, 0.6) is 5.75 Å². The summed E-state index contributed by atoms with van der Waals surface area (Å²) < 4.78 is 11.7. The molecule has 4 N–H and O–H groups in total. The van der Waals surface area contributed by atoms with E-state index in [0.717, 1.165) is 61.0 Å². The van der Waals surface area contributed by atoms with Gasteiger partial charge in [0.2, 0.25) is 11.8 Å². The number of hydrogen-bond donors (Lipinski definition) is 4. The van der Waals surface area contributed by atoms with Crippen molar-refractivity contribution < 1.29 is 24.2 Å². The number of hydrazone groups is 1. The number of anilines is 1. The fourth-order valence-electron chi connectivity index (χ4n) is 4.78. The van der Waals surface area contributed by atoms with E-state index in [-0.39, 0.29) is 30.8 Å². The molecule has 2 aromatic carbocycles. The molecule has 2 atom stereocenters. The third kappa shape index (κ3) is 10.3. The lowest BCUT2D eigenvalue weighted by atomic mass is 9.94. The number of carbonyl (C=O) groups is 2. The Labute approximate surface area is 243 Å². The van der Waals surface area contributed by atoms with Gasteiger partial charge in [-0.1, -0.05) is 44.5 Å². The number of aryl methyl sites for hydroxylation is 1. The minimum Gasteiger partial charge on any atom is -0.491 e. The summed E-state index contributed by atoms with van der Waals surface area (Å²) in [7, 11) is 0. The average molecular weight is 565 g/mol. The van der Waals surface area contributed by atoms with Gasteiger partial charge in [0.25, 0.3) is 0 Å². The fraction of sp³-hybridized carbons (Fsp3) is 0.531. The van der Waals surface area contributed by atoms with Crippen molar-refractivity contribution in [1.82, 2.24) is 10.7 Å². The van der Waals surface area contributed by atoms with Crippen molar-refractivity contribution in [2.75, 3.05) is 38.2 Å². The van der Waals surface area contributed by atoms with Gasteiger partial charge in [0.15, 0.2) is 0 Å². The largest absolute Gasteiger partial charge is 0.491 e. The smallest absolute Gasteiger partial charge is 0.240 e. The maximum Gasteiger partial charge on any atom is 0.240 e. The van der Waals surface area contributed by atoms with Crippen LogP contribution in [-0.4, -0.2) is 61.6 Å². The van der Waals surface area contributed by atoms with Crippen LogP contribution in [0.15, 0.2) is 47.6 Å². The summed E-state index contributed by atoms with van der Waals surface area (Å²) in [6.07, 6.45) is 5.44. The van der Waals surface area contributed by atoms with Gasteiger partial charge in [-0.2, -0.15) is 5.10 Å². The predicted octanol–water partition coefficient (Wildman–Crippen LogP) is 3.83. The Morgan fingerprint density at radius 2 is 1.98 bits per heavy atom. The number of ether oxygens (including phenoxy) is 2. The summed E-state index contributed by atoms with van der Waals surface area (Å²) in [6.45, 7) is 6.69. The van der Waals surface area contributed by atoms with Crippen molar-refractivity contribution in [3.8, 4) is 5.75 Å². The zero-order valence-electron chi connectivity index (χ0n) is 24.3. The topological polar surface area (TPSA) is 121 Å². The van der Waals surface area contributed by atoms with E-state index in [9.17, 15) is 14.7 Å². The molecule has 41 heavy (non-hydrogen) atoms. The van der Waals surface area contributed by atoms with Gasteiger partial charge >= 0.3 is 0 Å². The molecule has 2 amide bonds. The minimum absolute atomic E-state index is 0.0430. The number of carbonyl (C=O) groups excluding carboxylic acids is 2. The molecule has 0 saturated heterocycles. The van der Waals surface area contributed by atoms with Crippen LogP contribution in [0.1, 0.15) is 62.6 Å². The number of amides is 2. The molecule has 0 aromatic heterocycles. The Balaban J connectivity index is 1.12. The van der Waals surface area contributed by atoms with Crippen molar-refractivity contribution in [2.24, 2.45) is 16.9 Å². The third-order valence-corrected chi connectivity index (χ3v) is 7.29. The van der Waals surface area contributed by atoms with Gasteiger partial charge in [-0.3, -0.25) is 9.59 Å². The highest BCUT2D eigenvalue weighted by molar-refractivity contribution is 6.06. The second-order valence-corrected chi connectivity index (χ2v) is 11.1. The number of aliphatic hydroxyl groups excluding tert-OH is 1. The predicted molar refractivity (Wildman–Crippen MR) is 160 cm³/mol. The van der Waals surface area contributed by atoms with E-state index >= 15 is 0 Å². The summed E-state index contributed by atoms with van der Waals surface area (Å²) >= 11 is 0. The zero-order valence-corrected chi connectivity index (χ0v) is 24.3. The lowest BCUT2D eigenvalue weighted by molar-refractivity contribution is -0.122. The molecule has 2 aliphatic rings. The maximum atomic E-state index is 12.4. The number of rotatable bonds is 17. The van der Waals surface area contributed by atoms with Gasteiger partial charge in [0.1, 0.15) is 18.5 Å². The van der Waals surface area contributed by atoms with Crippen LogP contribution in [0.3, 0.4) is 0 Å². The summed E-state index contributed by atoms with van der Waals surface area (Å²) in [4.78, 5) is 23.8. The monoisotopic (exact) mass is 564 g/mol. The number of hydrogen-bond acceptors (Lipinski definition) is 7. The van der Waals surface area contributed by atoms with Gasteiger partial charge in [0, 0.05) is 44.1 Å². The summed E-state index contributed by atoms with van der Waals surface area (Å²) in [6, 6.07) is 13.7. The third-order valence-electron chi connectivity index (χ3n) is 7.29. The first-order valence-corrected chi connectivity index (χ1v) is 14.9. The summed E-state index contributed by atoms with van der Waals surface area (Å²) in [5.41, 5.74) is 7.37. The molecule has 1 fully saturated rings. The molecule has 4 rings (SSSR count). The molecule has 222 valence electrons. The first-order valence-electron chi connectivity index (χ1n) is 14.9. The SMILES string of the molecule is CCCc1cc(CCOCC2CC2)ccc1OCC(O)CNCCC(=O)Nc1ccc(C2=NNC(=O)CC2C)cc1. The highest BCUT2D eigenvalue weighted by Gasteiger charge is 2.22. The summed E-state index contributed by atoms with van der Waals surface area (Å²) in [5.74, 6) is 1.44. The van der Waals surface area contributed by atoms with Crippen LogP contribution in [0.4, 0.5) is 5.69 Å². The molecule has 2 unspecified atom stereocenters. The lowest BCUT2D eigenvalue weighted by Crippen LogP contribution is -2.33. The van der Waals surface area contributed by atoms with E-state index in [1.807, 2.05) is 37.3 Å². The number of nitrogens with zero attached hydrogens (tertiary/aromatic N) is 1. The van der Waals surface area contributed by atoms with Crippen LogP contribution in [0.2, 0.25) is 0 Å². The van der Waals surface area contributed by atoms with Crippen LogP contribution in [0.25, 0.3) is 0 Å². The Bertz CT molecular complexity index is 1180. The molecule has 1 saturated carbocycles. The van der Waals surface area contributed by atoms with Gasteiger partial charge in [0.05, 0.1) is 12.3 Å². The first-order chi connectivity index (χ1) is 19.9. The molecular formula is C32H44N4O5. The van der Waals surface area contributed by atoms with Crippen molar-refractivity contribution in [2.45, 2.75) is 64.9 Å². The van der Waals surface area contributed by atoms with E-state index in [1.54, 1.807) is 0 Å². The van der Waals surface area contributed by atoms with Crippen LogP contribution in [0, 0.1) is 11.8 Å². The molecule has 0 radical (unpaired) electrons. The summed E-state index contributed by atoms with van der Waals surface area (Å²) in [5, 5.41) is 20.6. The Morgan fingerprint density at radius 1 is 1.17 bits per heavy atom. The molecule has 1 aliphatic carbocycles. The van der Waals surface area contributed by atoms with Crippen molar-refractivity contribution in [3.05, 3.63) is 59.2 Å². The highest BCUT2D eigenvalue weighted by atomic mass is 16.5. The Kier molecular flexibility index (Phi) is 11.7. The molecule has 1 heterocycles. The van der Waals surface area contributed by atoms with Crippen LogP contribution in [-0.2, 0) is 27.2 Å². The van der Waals surface area contributed by atoms with Crippen molar-refractivity contribution in [1.29, 1.82) is 0 Å². The number of aliphatic hydroxyl groups is 1. The number of nitrogens with one attached hydrogen (secondary N) is 3. The Hall–Kier alpha value is -3.27. The van der Waals surface area contributed by atoms with E-state index in [1.165, 1.54) is 18.4 Å². The first kappa shape index (κ1) is 30.7. The quantitative estimate of drug-likeness (QED) is 0.217. The Morgan fingerprint density at radius 3 is 2.71 bits per heavy atom. The van der Waals surface area contributed by atoms with Gasteiger partial charge in [-0.05, 0) is 66.5 Å². The number of benzene rings is 2. The van der Waals surface area contributed by atoms with Crippen molar-refractivity contribution >= 4 is 23.2 Å². The van der Waals surface area contributed by atoms with Gasteiger partial charge < -0.3 is 25.2 Å². The normalized spacial score (nSPS) is 17.5. The van der Waals surface area contributed by atoms with E-state index in [0.29, 0.717) is 25.2 Å². The van der Waals surface area contributed by atoms with Gasteiger partial charge in [-0.25, -0.2) is 5.43 Å². The average Bonchev–Trinajstić information content (AvgIpc) is 3.78. The highest BCUT2D eigenvalue weighted by Crippen LogP contribution is 2.29. The second kappa shape index (κ2) is 15.7. The molecule has 2 aromatic rings. The molecule has 9 nitrogen and oxygen atoms in total. The molecule has 0 bridgehead atoms. The zero-order chi connectivity index (χ0) is 29.0. The standard InChI is InChI=1S/C32H44N4O5/c1-3-4-26-18-23(14-16-40-20-24-5-6-24)7-12-29(26)41-21-28(37)19-33-15-13-30(38)34-27-10-8-25(9-11-27)32-22(2)17-31(39)35-36-32/h7-12,18,22,24,28,33,37H,3-6,13-17,19-21H2,1-2H3,(H,34,38)(H,35,39). The van der Waals surface area contributed by atoms with E-state index in [2.05, 4.69) is 40.2 Å². The minimum atomic E-state index is -0.689. The van der Waals surface area contributed by atoms with E-state index in [4.69, 9.17) is 9.47 Å². The lowest BCUT2D eigenvalue weighted by Gasteiger charge is -2.19. The fourth-order valence-corrected chi connectivity index (χ4v) is 4.78. The molecular weight excluding hydrogens is 520 g/mol. The van der Waals surface area contributed by atoms with Crippen LogP contribution < -0.4 is 20.8 Å².